The Labute approximate surface area is 120 Å². The van der Waals surface area contributed by atoms with Gasteiger partial charge in [-0.3, -0.25) is 9.69 Å². The smallest absolute Gasteiger partial charge is 0.223 e. The van der Waals surface area contributed by atoms with Crippen LogP contribution in [0.4, 0.5) is 0 Å². The summed E-state index contributed by atoms with van der Waals surface area (Å²) in [6, 6.07) is 1.51. The van der Waals surface area contributed by atoms with Crippen molar-refractivity contribution in [2.45, 2.75) is 26.9 Å². The Hall–Kier alpha value is -1.81. The summed E-state index contributed by atoms with van der Waals surface area (Å²) in [4.78, 5) is 13.8. The molecule has 0 saturated heterocycles. The molecule has 0 saturated carbocycles. The third-order valence-electron chi connectivity index (χ3n) is 2.92. The molecule has 0 aliphatic carbocycles. The Bertz CT molecular complexity index is 508. The molecular weight excluding hydrogens is 252 g/mol. The van der Waals surface area contributed by atoms with Crippen molar-refractivity contribution in [3.63, 3.8) is 0 Å². The lowest BCUT2D eigenvalue weighted by Crippen LogP contribution is -2.27. The molecule has 1 N–H and O–H groups in total. The molecule has 0 spiro atoms. The van der Waals surface area contributed by atoms with Crippen LogP contribution in [0.2, 0.25) is 0 Å². The van der Waals surface area contributed by atoms with E-state index in [4.69, 9.17) is 0 Å². The van der Waals surface area contributed by atoms with Crippen molar-refractivity contribution in [1.29, 1.82) is 0 Å². The van der Waals surface area contributed by atoms with E-state index in [1.165, 1.54) is 12.3 Å². The molecule has 0 fully saturated rings. The standard InChI is InChI=1S/C16H24N2O2/c1-5-7-17(8-6-2)11-14-9-15(19)16(20)12-18(14)10-13(3)4/h5-6,9,12-13,20H,1-2,7-8,10-11H2,3-4H3. The molecule has 0 amide bonds. The summed E-state index contributed by atoms with van der Waals surface area (Å²) in [5, 5.41) is 9.60. The van der Waals surface area contributed by atoms with E-state index < -0.39 is 0 Å². The van der Waals surface area contributed by atoms with E-state index in [1.54, 1.807) is 0 Å². The molecular formula is C16H24N2O2. The van der Waals surface area contributed by atoms with Crippen molar-refractivity contribution < 1.29 is 5.11 Å². The minimum atomic E-state index is -0.336. The number of pyridine rings is 1. The van der Waals surface area contributed by atoms with Gasteiger partial charge in [0.1, 0.15) is 0 Å². The molecule has 110 valence electrons. The zero-order valence-electron chi connectivity index (χ0n) is 12.4. The highest BCUT2D eigenvalue weighted by Crippen LogP contribution is 2.11. The minimum Gasteiger partial charge on any atom is -0.503 e. The topological polar surface area (TPSA) is 45.5 Å². The molecule has 0 radical (unpaired) electrons. The van der Waals surface area contributed by atoms with E-state index in [0.717, 1.165) is 25.3 Å². The average Bonchev–Trinajstić information content (AvgIpc) is 2.35. The highest BCUT2D eigenvalue weighted by Gasteiger charge is 2.10. The highest BCUT2D eigenvalue weighted by atomic mass is 16.3. The largest absolute Gasteiger partial charge is 0.503 e. The summed E-state index contributed by atoms with van der Waals surface area (Å²) in [5.74, 6) is 0.233. The fourth-order valence-corrected chi connectivity index (χ4v) is 2.10. The number of hydrogen-bond acceptors (Lipinski definition) is 3. The summed E-state index contributed by atoms with van der Waals surface area (Å²) < 4.78 is 1.95. The maximum atomic E-state index is 11.7. The second kappa shape index (κ2) is 7.70. The summed E-state index contributed by atoms with van der Waals surface area (Å²) in [7, 11) is 0. The number of rotatable bonds is 8. The average molecular weight is 276 g/mol. The first kappa shape index (κ1) is 16.2. The molecule has 1 aromatic heterocycles. The third kappa shape index (κ3) is 4.70. The number of aromatic hydroxyl groups is 1. The summed E-state index contributed by atoms with van der Waals surface area (Å²) in [6.45, 7) is 14.5. The lowest BCUT2D eigenvalue weighted by atomic mass is 10.2. The van der Waals surface area contributed by atoms with Crippen LogP contribution in [-0.2, 0) is 13.1 Å². The number of nitrogens with zero attached hydrogens (tertiary/aromatic N) is 2. The van der Waals surface area contributed by atoms with Crippen molar-refractivity contribution in [1.82, 2.24) is 9.47 Å². The van der Waals surface area contributed by atoms with Gasteiger partial charge in [0.2, 0.25) is 5.43 Å². The molecule has 0 atom stereocenters. The molecule has 0 bridgehead atoms. The summed E-state index contributed by atoms with van der Waals surface area (Å²) in [5.41, 5.74) is 0.558. The van der Waals surface area contributed by atoms with Crippen LogP contribution in [0.1, 0.15) is 19.5 Å². The Morgan fingerprint density at radius 1 is 1.35 bits per heavy atom. The van der Waals surface area contributed by atoms with Gasteiger partial charge >= 0.3 is 0 Å². The normalized spacial score (nSPS) is 11.0. The lowest BCUT2D eigenvalue weighted by Gasteiger charge is -2.22. The second-order valence-electron chi connectivity index (χ2n) is 5.33. The van der Waals surface area contributed by atoms with Crippen LogP contribution < -0.4 is 5.43 Å². The van der Waals surface area contributed by atoms with Crippen LogP contribution in [0.25, 0.3) is 0 Å². The maximum absolute atomic E-state index is 11.7. The fourth-order valence-electron chi connectivity index (χ4n) is 2.10. The van der Waals surface area contributed by atoms with E-state index in [9.17, 15) is 9.90 Å². The van der Waals surface area contributed by atoms with Gasteiger partial charge in [0.25, 0.3) is 0 Å². The van der Waals surface area contributed by atoms with Crippen molar-refractivity contribution in [3.05, 3.63) is 53.5 Å². The molecule has 0 aliphatic rings. The molecule has 0 aromatic carbocycles. The van der Waals surface area contributed by atoms with Crippen LogP contribution in [0.3, 0.4) is 0 Å². The Kier molecular flexibility index (Phi) is 6.25. The SMILES string of the molecule is C=CCN(CC=C)Cc1cc(=O)c(O)cn1CC(C)C. The predicted molar refractivity (Wildman–Crippen MR) is 82.9 cm³/mol. The van der Waals surface area contributed by atoms with Crippen LogP contribution in [-0.4, -0.2) is 27.7 Å². The Morgan fingerprint density at radius 2 is 1.95 bits per heavy atom. The zero-order valence-corrected chi connectivity index (χ0v) is 12.4. The predicted octanol–water partition coefficient (Wildman–Crippen LogP) is 2.38. The van der Waals surface area contributed by atoms with Gasteiger partial charge < -0.3 is 9.67 Å². The van der Waals surface area contributed by atoms with Gasteiger partial charge in [-0.25, -0.2) is 0 Å². The van der Waals surface area contributed by atoms with E-state index in [2.05, 4.69) is 31.9 Å². The Balaban J connectivity index is 3.06. The van der Waals surface area contributed by atoms with Gasteiger partial charge in [-0.15, -0.1) is 13.2 Å². The third-order valence-corrected chi connectivity index (χ3v) is 2.92. The van der Waals surface area contributed by atoms with Crippen LogP contribution >= 0.6 is 0 Å². The molecule has 1 aromatic rings. The highest BCUT2D eigenvalue weighted by molar-refractivity contribution is 5.20. The summed E-state index contributed by atoms with van der Waals surface area (Å²) >= 11 is 0. The molecule has 4 nitrogen and oxygen atoms in total. The fraction of sp³-hybridized carbons (Fsp3) is 0.438. The van der Waals surface area contributed by atoms with Gasteiger partial charge in [0.15, 0.2) is 5.75 Å². The number of hydrogen-bond donors (Lipinski definition) is 1. The van der Waals surface area contributed by atoms with E-state index in [0.29, 0.717) is 12.5 Å². The van der Waals surface area contributed by atoms with Crippen LogP contribution in [0.15, 0.2) is 42.4 Å². The molecule has 0 aliphatic heterocycles. The van der Waals surface area contributed by atoms with Crippen molar-refractivity contribution in [2.75, 3.05) is 13.1 Å². The van der Waals surface area contributed by atoms with Crippen LogP contribution in [0, 0.1) is 5.92 Å². The van der Waals surface area contributed by atoms with Gasteiger partial charge in [-0.1, -0.05) is 26.0 Å². The van der Waals surface area contributed by atoms with Crippen molar-refractivity contribution >= 4 is 0 Å². The lowest BCUT2D eigenvalue weighted by molar-refractivity contribution is 0.312. The maximum Gasteiger partial charge on any atom is 0.223 e. The molecule has 4 heteroatoms. The quantitative estimate of drug-likeness (QED) is 0.742. The number of aromatic nitrogens is 1. The van der Waals surface area contributed by atoms with E-state index in [1.807, 2.05) is 16.7 Å². The Morgan fingerprint density at radius 3 is 2.45 bits per heavy atom. The minimum absolute atomic E-state index is 0.201. The van der Waals surface area contributed by atoms with Gasteiger partial charge in [-0.2, -0.15) is 0 Å². The van der Waals surface area contributed by atoms with E-state index >= 15 is 0 Å². The van der Waals surface area contributed by atoms with E-state index in [-0.39, 0.29) is 11.2 Å². The first-order chi connectivity index (χ1) is 9.47. The zero-order chi connectivity index (χ0) is 15.1. The molecule has 20 heavy (non-hydrogen) atoms. The van der Waals surface area contributed by atoms with Crippen molar-refractivity contribution in [3.8, 4) is 5.75 Å². The van der Waals surface area contributed by atoms with Gasteiger partial charge in [-0.05, 0) is 5.92 Å². The first-order valence-corrected chi connectivity index (χ1v) is 6.84. The monoisotopic (exact) mass is 276 g/mol. The molecule has 0 unspecified atom stereocenters. The van der Waals surface area contributed by atoms with Gasteiger partial charge in [0, 0.05) is 37.9 Å². The second-order valence-corrected chi connectivity index (χ2v) is 5.33. The van der Waals surface area contributed by atoms with Crippen molar-refractivity contribution in [2.24, 2.45) is 5.92 Å². The summed E-state index contributed by atoms with van der Waals surface area (Å²) in [6.07, 6.45) is 5.18. The van der Waals surface area contributed by atoms with Crippen LogP contribution in [0.5, 0.6) is 5.75 Å². The first-order valence-electron chi connectivity index (χ1n) is 6.84. The molecule has 1 rings (SSSR count). The molecule has 1 heterocycles. The van der Waals surface area contributed by atoms with Gasteiger partial charge in [0.05, 0.1) is 6.20 Å².